The van der Waals surface area contributed by atoms with Gasteiger partial charge in [0.2, 0.25) is 0 Å². The van der Waals surface area contributed by atoms with Crippen molar-refractivity contribution >= 4 is 0 Å². The fourth-order valence-corrected chi connectivity index (χ4v) is 2.63. The van der Waals surface area contributed by atoms with E-state index in [-0.39, 0.29) is 6.10 Å². The molecule has 1 aliphatic carbocycles. The third kappa shape index (κ3) is 4.52. The van der Waals surface area contributed by atoms with Crippen molar-refractivity contribution in [2.24, 2.45) is 5.92 Å². The van der Waals surface area contributed by atoms with Crippen LogP contribution in [0, 0.1) is 5.92 Å². The highest BCUT2D eigenvalue weighted by molar-refractivity contribution is 4.75. The molecule has 0 spiro atoms. The highest BCUT2D eigenvalue weighted by Crippen LogP contribution is 2.26. The predicted molar refractivity (Wildman–Crippen MR) is 65.0 cm³/mol. The van der Waals surface area contributed by atoms with Gasteiger partial charge in [0, 0.05) is 6.54 Å². The van der Waals surface area contributed by atoms with Gasteiger partial charge in [-0.3, -0.25) is 0 Å². The summed E-state index contributed by atoms with van der Waals surface area (Å²) in [4.78, 5) is 2.37. The van der Waals surface area contributed by atoms with E-state index in [2.05, 4.69) is 18.7 Å². The molecule has 15 heavy (non-hydrogen) atoms. The molecule has 0 aromatic rings. The molecule has 1 rings (SSSR count). The molecule has 0 aliphatic heterocycles. The summed E-state index contributed by atoms with van der Waals surface area (Å²) in [7, 11) is 0. The van der Waals surface area contributed by atoms with Gasteiger partial charge in [-0.05, 0) is 38.3 Å². The topological polar surface area (TPSA) is 23.5 Å². The Labute approximate surface area is 94.7 Å². The highest BCUT2D eigenvalue weighted by atomic mass is 16.3. The van der Waals surface area contributed by atoms with Gasteiger partial charge >= 0.3 is 0 Å². The molecule has 0 saturated heterocycles. The molecule has 2 heteroatoms. The van der Waals surface area contributed by atoms with E-state index < -0.39 is 0 Å². The lowest BCUT2D eigenvalue weighted by molar-refractivity contribution is 0.0491. The first-order valence-corrected chi connectivity index (χ1v) is 6.68. The van der Waals surface area contributed by atoms with E-state index in [9.17, 15) is 5.11 Å². The van der Waals surface area contributed by atoms with Gasteiger partial charge in [-0.2, -0.15) is 0 Å². The van der Waals surface area contributed by atoms with E-state index in [0.717, 1.165) is 19.6 Å². The van der Waals surface area contributed by atoms with Crippen molar-refractivity contribution in [3.63, 3.8) is 0 Å². The van der Waals surface area contributed by atoms with E-state index in [0.29, 0.717) is 5.92 Å². The molecule has 0 aromatic carbocycles. The Kier molecular flexibility index (Phi) is 6.26. The van der Waals surface area contributed by atoms with Crippen LogP contribution in [0.25, 0.3) is 0 Å². The minimum absolute atomic E-state index is 0.0863. The average Bonchev–Trinajstić information content (AvgIpc) is 2.29. The quantitative estimate of drug-likeness (QED) is 0.733. The summed E-state index contributed by atoms with van der Waals surface area (Å²) >= 11 is 0. The van der Waals surface area contributed by atoms with Gasteiger partial charge in [0.1, 0.15) is 0 Å². The van der Waals surface area contributed by atoms with Gasteiger partial charge in [-0.1, -0.05) is 33.1 Å². The van der Waals surface area contributed by atoms with Crippen molar-refractivity contribution in [1.29, 1.82) is 0 Å². The lowest BCUT2D eigenvalue weighted by Crippen LogP contribution is -2.37. The van der Waals surface area contributed by atoms with Gasteiger partial charge in [0.05, 0.1) is 6.10 Å². The van der Waals surface area contributed by atoms with Crippen LogP contribution >= 0.6 is 0 Å². The third-order valence-corrected chi connectivity index (χ3v) is 3.63. The predicted octanol–water partition coefficient (Wildman–Crippen LogP) is 2.66. The molecule has 1 fully saturated rings. The fourth-order valence-electron chi connectivity index (χ4n) is 2.63. The fraction of sp³-hybridized carbons (Fsp3) is 1.00. The van der Waals surface area contributed by atoms with Crippen LogP contribution < -0.4 is 0 Å². The Morgan fingerprint density at radius 2 is 1.87 bits per heavy atom. The van der Waals surface area contributed by atoms with Crippen molar-refractivity contribution in [2.75, 3.05) is 19.6 Å². The summed E-state index contributed by atoms with van der Waals surface area (Å²) < 4.78 is 0. The molecule has 0 bridgehead atoms. The normalized spacial score (nSPS) is 20.8. The third-order valence-electron chi connectivity index (χ3n) is 3.63. The first-order chi connectivity index (χ1) is 7.27. The Morgan fingerprint density at radius 1 is 1.20 bits per heavy atom. The summed E-state index contributed by atoms with van der Waals surface area (Å²) in [6.07, 6.45) is 7.59. The molecule has 1 aliphatic rings. The van der Waals surface area contributed by atoms with Crippen LogP contribution in [0.15, 0.2) is 0 Å². The minimum Gasteiger partial charge on any atom is -0.392 e. The van der Waals surface area contributed by atoms with Crippen LogP contribution in [0.3, 0.4) is 0 Å². The molecule has 1 N–H and O–H groups in total. The molecule has 0 aromatic heterocycles. The summed E-state index contributed by atoms with van der Waals surface area (Å²) in [5, 5.41) is 10.2. The summed E-state index contributed by atoms with van der Waals surface area (Å²) in [5.41, 5.74) is 0. The largest absolute Gasteiger partial charge is 0.392 e. The van der Waals surface area contributed by atoms with Crippen LogP contribution in [-0.2, 0) is 0 Å². The number of rotatable bonds is 6. The van der Waals surface area contributed by atoms with Crippen LogP contribution in [0.1, 0.15) is 52.4 Å². The molecule has 0 radical (unpaired) electrons. The zero-order valence-corrected chi connectivity index (χ0v) is 10.4. The smallest absolute Gasteiger partial charge is 0.0695 e. The van der Waals surface area contributed by atoms with Gasteiger partial charge in [0.15, 0.2) is 0 Å². The Bertz CT molecular complexity index is 155. The zero-order chi connectivity index (χ0) is 11.1. The number of aliphatic hydroxyl groups excluding tert-OH is 1. The lowest BCUT2D eigenvalue weighted by atomic mass is 9.85. The number of hydrogen-bond acceptors (Lipinski definition) is 2. The maximum atomic E-state index is 10.2. The van der Waals surface area contributed by atoms with E-state index in [4.69, 9.17) is 0 Å². The van der Waals surface area contributed by atoms with E-state index in [1.54, 1.807) is 0 Å². The molecule has 1 unspecified atom stereocenters. The van der Waals surface area contributed by atoms with Gasteiger partial charge < -0.3 is 10.0 Å². The number of nitrogens with zero attached hydrogens (tertiary/aromatic N) is 1. The van der Waals surface area contributed by atoms with E-state index >= 15 is 0 Å². The molecule has 0 amide bonds. The summed E-state index contributed by atoms with van der Waals surface area (Å²) in [6.45, 7) is 7.46. The maximum Gasteiger partial charge on any atom is 0.0695 e. The molecule has 0 heterocycles. The SMILES string of the molecule is CCCN(CC)CC(O)C1CCCCC1. The first kappa shape index (κ1) is 13.0. The number of aliphatic hydroxyl groups is 1. The summed E-state index contributed by atoms with van der Waals surface area (Å²) in [5.74, 6) is 0.574. The lowest BCUT2D eigenvalue weighted by Gasteiger charge is -2.30. The standard InChI is InChI=1S/C13H27NO/c1-3-10-14(4-2)11-13(15)12-8-6-5-7-9-12/h12-13,15H,3-11H2,1-2H3. The molecule has 1 atom stereocenters. The zero-order valence-electron chi connectivity index (χ0n) is 10.4. The van der Waals surface area contributed by atoms with Gasteiger partial charge in [-0.15, -0.1) is 0 Å². The van der Waals surface area contributed by atoms with Crippen LogP contribution in [0.2, 0.25) is 0 Å². The van der Waals surface area contributed by atoms with E-state index in [1.807, 2.05) is 0 Å². The average molecular weight is 213 g/mol. The van der Waals surface area contributed by atoms with Gasteiger partial charge in [-0.25, -0.2) is 0 Å². The first-order valence-electron chi connectivity index (χ1n) is 6.68. The maximum absolute atomic E-state index is 10.2. The second-order valence-electron chi connectivity index (χ2n) is 4.86. The van der Waals surface area contributed by atoms with Crippen LogP contribution in [0.4, 0.5) is 0 Å². The van der Waals surface area contributed by atoms with E-state index in [1.165, 1.54) is 38.5 Å². The Balaban J connectivity index is 2.28. The van der Waals surface area contributed by atoms with Crippen LogP contribution in [0.5, 0.6) is 0 Å². The van der Waals surface area contributed by atoms with Gasteiger partial charge in [0.25, 0.3) is 0 Å². The number of likely N-dealkylation sites (N-methyl/N-ethyl adjacent to an activating group) is 1. The minimum atomic E-state index is -0.0863. The van der Waals surface area contributed by atoms with Crippen LogP contribution in [-0.4, -0.2) is 35.7 Å². The summed E-state index contributed by atoms with van der Waals surface area (Å²) in [6, 6.07) is 0. The Hall–Kier alpha value is -0.0800. The van der Waals surface area contributed by atoms with Crippen molar-refractivity contribution in [2.45, 2.75) is 58.5 Å². The molecule has 1 saturated carbocycles. The van der Waals surface area contributed by atoms with Crippen molar-refractivity contribution in [3.05, 3.63) is 0 Å². The van der Waals surface area contributed by atoms with Crippen molar-refractivity contribution in [1.82, 2.24) is 4.90 Å². The molecule has 2 nitrogen and oxygen atoms in total. The number of hydrogen-bond donors (Lipinski definition) is 1. The molecular weight excluding hydrogens is 186 g/mol. The second-order valence-corrected chi connectivity index (χ2v) is 4.86. The molecule has 90 valence electrons. The Morgan fingerprint density at radius 3 is 2.40 bits per heavy atom. The van der Waals surface area contributed by atoms with Crippen molar-refractivity contribution in [3.8, 4) is 0 Å². The molecular formula is C13H27NO. The highest BCUT2D eigenvalue weighted by Gasteiger charge is 2.22. The van der Waals surface area contributed by atoms with Crippen molar-refractivity contribution < 1.29 is 5.11 Å². The monoisotopic (exact) mass is 213 g/mol. The second kappa shape index (κ2) is 7.24.